The van der Waals surface area contributed by atoms with Crippen LogP contribution in [0.1, 0.15) is 30.5 Å². The third-order valence-corrected chi connectivity index (χ3v) is 3.48. The van der Waals surface area contributed by atoms with Crippen molar-refractivity contribution in [1.29, 1.82) is 0 Å². The molecule has 114 valence electrons. The number of carbonyl (C=O) groups is 1. The fraction of sp³-hybridized carbons (Fsp3) is 0.250. The average molecular weight is 294 g/mol. The van der Waals surface area contributed by atoms with E-state index < -0.39 is 0 Å². The molecule has 0 atom stereocenters. The van der Waals surface area contributed by atoms with E-state index in [2.05, 4.69) is 32.6 Å². The van der Waals surface area contributed by atoms with Gasteiger partial charge in [-0.05, 0) is 42.7 Å². The standard InChI is InChI=1S/C20H22O2/c1-4-16-9-11-19(12-10-16)22-20(2,3)15-18-7-5-17(6-8-18)13-14-21/h4-12,14H,1,13,15H2,2-3H3. The average Bonchev–Trinajstić information content (AvgIpc) is 2.49. The number of hydrogen-bond acceptors (Lipinski definition) is 2. The van der Waals surface area contributed by atoms with Crippen LogP contribution in [0, 0.1) is 0 Å². The summed E-state index contributed by atoms with van der Waals surface area (Å²) in [6.45, 7) is 7.90. The second-order valence-electron chi connectivity index (χ2n) is 6.00. The number of ether oxygens (including phenoxy) is 1. The maximum atomic E-state index is 10.5. The van der Waals surface area contributed by atoms with Crippen molar-refractivity contribution in [3.8, 4) is 5.75 Å². The van der Waals surface area contributed by atoms with Crippen molar-refractivity contribution in [1.82, 2.24) is 0 Å². The quantitative estimate of drug-likeness (QED) is 0.704. The minimum atomic E-state index is -0.304. The Morgan fingerprint density at radius 1 is 1.00 bits per heavy atom. The van der Waals surface area contributed by atoms with Crippen LogP contribution < -0.4 is 4.74 Å². The molecule has 2 aromatic carbocycles. The third kappa shape index (κ3) is 4.59. The molecule has 0 amide bonds. The molecule has 0 aliphatic carbocycles. The zero-order chi connectivity index (χ0) is 16.0. The zero-order valence-electron chi connectivity index (χ0n) is 13.2. The van der Waals surface area contributed by atoms with E-state index >= 15 is 0 Å². The van der Waals surface area contributed by atoms with Crippen LogP contribution in [0.4, 0.5) is 0 Å². The van der Waals surface area contributed by atoms with Gasteiger partial charge in [-0.1, -0.05) is 49.1 Å². The van der Waals surface area contributed by atoms with Crippen molar-refractivity contribution < 1.29 is 9.53 Å². The Morgan fingerprint density at radius 2 is 1.59 bits per heavy atom. The topological polar surface area (TPSA) is 26.3 Å². The van der Waals surface area contributed by atoms with Crippen LogP contribution in [0.3, 0.4) is 0 Å². The Balaban J connectivity index is 2.02. The lowest BCUT2D eigenvalue weighted by atomic mass is 9.97. The van der Waals surface area contributed by atoms with Crippen LogP contribution >= 0.6 is 0 Å². The van der Waals surface area contributed by atoms with E-state index in [0.29, 0.717) is 6.42 Å². The Bertz CT molecular complexity index is 622. The summed E-state index contributed by atoms with van der Waals surface area (Å²) in [5, 5.41) is 0. The normalized spacial score (nSPS) is 11.0. The predicted molar refractivity (Wildman–Crippen MR) is 91.2 cm³/mol. The minimum Gasteiger partial charge on any atom is -0.488 e. The largest absolute Gasteiger partial charge is 0.488 e. The van der Waals surface area contributed by atoms with Gasteiger partial charge in [-0.15, -0.1) is 0 Å². The number of carbonyl (C=O) groups excluding carboxylic acids is 1. The molecule has 0 saturated heterocycles. The molecule has 2 heteroatoms. The molecule has 2 aromatic rings. The molecule has 2 nitrogen and oxygen atoms in total. The highest BCUT2D eigenvalue weighted by Gasteiger charge is 2.20. The molecule has 22 heavy (non-hydrogen) atoms. The lowest BCUT2D eigenvalue weighted by Gasteiger charge is -2.27. The lowest BCUT2D eigenvalue weighted by molar-refractivity contribution is -0.107. The number of hydrogen-bond donors (Lipinski definition) is 0. The van der Waals surface area contributed by atoms with Crippen LogP contribution in [-0.4, -0.2) is 11.9 Å². The molecular formula is C20H22O2. The van der Waals surface area contributed by atoms with Gasteiger partial charge in [0.2, 0.25) is 0 Å². The summed E-state index contributed by atoms with van der Waals surface area (Å²) in [6.07, 6.45) is 4.01. The Kier molecular flexibility index (Phi) is 5.16. The molecule has 0 heterocycles. The maximum absolute atomic E-state index is 10.5. The lowest BCUT2D eigenvalue weighted by Crippen LogP contribution is -2.30. The fourth-order valence-corrected chi connectivity index (χ4v) is 2.41. The van der Waals surface area contributed by atoms with Crippen LogP contribution in [0.25, 0.3) is 6.08 Å². The second-order valence-corrected chi connectivity index (χ2v) is 6.00. The maximum Gasteiger partial charge on any atom is 0.124 e. The van der Waals surface area contributed by atoms with Gasteiger partial charge in [-0.2, -0.15) is 0 Å². The minimum absolute atomic E-state index is 0.304. The molecule has 0 aliphatic rings. The summed E-state index contributed by atoms with van der Waals surface area (Å²) < 4.78 is 6.09. The molecule has 0 saturated carbocycles. The first kappa shape index (κ1) is 16.0. The van der Waals surface area contributed by atoms with Crippen molar-refractivity contribution in [2.75, 3.05) is 0 Å². The van der Waals surface area contributed by atoms with Gasteiger partial charge < -0.3 is 9.53 Å². The highest BCUT2D eigenvalue weighted by atomic mass is 16.5. The first-order valence-corrected chi connectivity index (χ1v) is 7.45. The highest BCUT2D eigenvalue weighted by molar-refractivity contribution is 5.54. The van der Waals surface area contributed by atoms with E-state index in [4.69, 9.17) is 4.74 Å². The first-order chi connectivity index (χ1) is 10.5. The van der Waals surface area contributed by atoms with Crippen molar-refractivity contribution in [2.24, 2.45) is 0 Å². The summed E-state index contributed by atoms with van der Waals surface area (Å²) in [5.41, 5.74) is 3.01. The summed E-state index contributed by atoms with van der Waals surface area (Å²) in [6, 6.07) is 16.0. The SMILES string of the molecule is C=Cc1ccc(OC(C)(C)Cc2ccc(CC=O)cc2)cc1. The van der Waals surface area contributed by atoms with Gasteiger partial charge in [0.05, 0.1) is 0 Å². The van der Waals surface area contributed by atoms with Gasteiger partial charge in [0.25, 0.3) is 0 Å². The number of benzene rings is 2. The molecule has 0 spiro atoms. The van der Waals surface area contributed by atoms with Gasteiger partial charge in [0.15, 0.2) is 0 Å². The van der Waals surface area contributed by atoms with Crippen molar-refractivity contribution in [3.63, 3.8) is 0 Å². The van der Waals surface area contributed by atoms with E-state index in [1.807, 2.05) is 42.5 Å². The van der Waals surface area contributed by atoms with Crippen molar-refractivity contribution >= 4 is 12.4 Å². The molecule has 0 unspecified atom stereocenters. The molecule has 0 N–H and O–H groups in total. The molecule has 0 aliphatic heterocycles. The summed E-state index contributed by atoms with van der Waals surface area (Å²) in [4.78, 5) is 10.5. The number of aldehydes is 1. The Morgan fingerprint density at radius 3 is 2.14 bits per heavy atom. The number of rotatable bonds is 7. The van der Waals surface area contributed by atoms with Crippen LogP contribution in [0.15, 0.2) is 55.1 Å². The van der Waals surface area contributed by atoms with E-state index in [1.54, 1.807) is 0 Å². The molecule has 0 radical (unpaired) electrons. The van der Waals surface area contributed by atoms with E-state index in [1.165, 1.54) is 5.56 Å². The highest BCUT2D eigenvalue weighted by Crippen LogP contribution is 2.23. The van der Waals surface area contributed by atoms with Gasteiger partial charge in [-0.3, -0.25) is 0 Å². The van der Waals surface area contributed by atoms with Crippen LogP contribution in [0.5, 0.6) is 5.75 Å². The van der Waals surface area contributed by atoms with Crippen LogP contribution in [0.2, 0.25) is 0 Å². The Hall–Kier alpha value is -2.35. The van der Waals surface area contributed by atoms with E-state index in [9.17, 15) is 4.79 Å². The third-order valence-electron chi connectivity index (χ3n) is 3.48. The second kappa shape index (κ2) is 7.08. The molecule has 0 fully saturated rings. The van der Waals surface area contributed by atoms with Gasteiger partial charge in [0.1, 0.15) is 17.6 Å². The van der Waals surface area contributed by atoms with Crippen LogP contribution in [-0.2, 0) is 17.6 Å². The fourth-order valence-electron chi connectivity index (χ4n) is 2.41. The molecule has 0 bridgehead atoms. The smallest absolute Gasteiger partial charge is 0.124 e. The summed E-state index contributed by atoms with van der Waals surface area (Å²) >= 11 is 0. The summed E-state index contributed by atoms with van der Waals surface area (Å²) in [5.74, 6) is 0.855. The van der Waals surface area contributed by atoms with Gasteiger partial charge >= 0.3 is 0 Å². The summed E-state index contributed by atoms with van der Waals surface area (Å²) in [7, 11) is 0. The monoisotopic (exact) mass is 294 g/mol. The van der Waals surface area contributed by atoms with Gasteiger partial charge in [0, 0.05) is 12.8 Å². The van der Waals surface area contributed by atoms with Crippen molar-refractivity contribution in [3.05, 3.63) is 71.8 Å². The first-order valence-electron chi connectivity index (χ1n) is 7.45. The molecule has 0 aromatic heterocycles. The zero-order valence-corrected chi connectivity index (χ0v) is 13.2. The van der Waals surface area contributed by atoms with Crippen molar-refractivity contribution in [2.45, 2.75) is 32.3 Å². The van der Waals surface area contributed by atoms with E-state index in [0.717, 1.165) is 29.6 Å². The Labute approximate surface area is 132 Å². The molecule has 2 rings (SSSR count). The van der Waals surface area contributed by atoms with E-state index in [-0.39, 0.29) is 5.60 Å². The van der Waals surface area contributed by atoms with Gasteiger partial charge in [-0.25, -0.2) is 0 Å². The molecular weight excluding hydrogens is 272 g/mol. The predicted octanol–water partition coefficient (Wildman–Crippen LogP) is 4.47.